The van der Waals surface area contributed by atoms with Crippen LogP contribution in [0.15, 0.2) is 29.6 Å². The van der Waals surface area contributed by atoms with Crippen LogP contribution in [0, 0.1) is 5.92 Å². The molecule has 0 bridgehead atoms. The van der Waals surface area contributed by atoms with Gasteiger partial charge in [-0.1, -0.05) is 20.3 Å². The lowest BCUT2D eigenvalue weighted by atomic mass is 10.0. The van der Waals surface area contributed by atoms with E-state index >= 15 is 0 Å². The Morgan fingerprint density at radius 1 is 1.25 bits per heavy atom. The lowest BCUT2D eigenvalue weighted by Gasteiger charge is -2.21. The molecular weight excluding hydrogens is 214 g/mol. The summed E-state index contributed by atoms with van der Waals surface area (Å²) in [5, 5.41) is 7.06. The van der Waals surface area contributed by atoms with Gasteiger partial charge in [0.15, 0.2) is 0 Å². The third-order valence-electron chi connectivity index (χ3n) is 3.34. The van der Waals surface area contributed by atoms with Crippen molar-refractivity contribution in [2.45, 2.75) is 33.2 Å². The van der Waals surface area contributed by atoms with E-state index in [0.29, 0.717) is 12.0 Å². The monoisotopic (exact) mass is 233 g/mol. The Labute approximate surface area is 101 Å². The maximum absolute atomic E-state index is 3.58. The zero-order valence-corrected chi connectivity index (χ0v) is 11.0. The van der Waals surface area contributed by atoms with Crippen LogP contribution in [0.2, 0.25) is 0 Å². The fourth-order valence-corrected chi connectivity index (χ4v) is 2.59. The second-order valence-corrected chi connectivity index (χ2v) is 5.44. The fraction of sp³-hybridized carbons (Fsp3) is 0.429. The average molecular weight is 233 g/mol. The Bertz CT molecular complexity index is 460. The lowest BCUT2D eigenvalue weighted by Crippen LogP contribution is -2.23. The van der Waals surface area contributed by atoms with Crippen LogP contribution in [0.1, 0.15) is 27.2 Å². The molecule has 2 unspecified atom stereocenters. The Balaban J connectivity index is 2.14. The van der Waals surface area contributed by atoms with E-state index in [1.54, 1.807) is 11.3 Å². The highest BCUT2D eigenvalue weighted by molar-refractivity contribution is 7.17. The molecule has 86 valence electrons. The van der Waals surface area contributed by atoms with E-state index in [-0.39, 0.29) is 0 Å². The van der Waals surface area contributed by atoms with E-state index in [1.807, 2.05) is 0 Å². The van der Waals surface area contributed by atoms with Crippen molar-refractivity contribution in [3.63, 3.8) is 0 Å². The van der Waals surface area contributed by atoms with E-state index in [4.69, 9.17) is 0 Å². The number of thiophene rings is 1. The van der Waals surface area contributed by atoms with Gasteiger partial charge < -0.3 is 5.32 Å². The Kier molecular flexibility index (Phi) is 3.49. The predicted octanol–water partition coefficient (Wildman–Crippen LogP) is 4.75. The van der Waals surface area contributed by atoms with Gasteiger partial charge in [0.25, 0.3) is 0 Å². The molecule has 1 nitrogen and oxygen atoms in total. The van der Waals surface area contributed by atoms with Crippen LogP contribution in [-0.4, -0.2) is 6.04 Å². The quantitative estimate of drug-likeness (QED) is 0.803. The molecule has 2 heteroatoms. The lowest BCUT2D eigenvalue weighted by molar-refractivity contribution is 0.495. The maximum Gasteiger partial charge on any atom is 0.0349 e. The number of rotatable bonds is 4. The van der Waals surface area contributed by atoms with Gasteiger partial charge in [-0.3, -0.25) is 0 Å². The molecule has 2 rings (SSSR count). The van der Waals surface area contributed by atoms with E-state index < -0.39 is 0 Å². The summed E-state index contributed by atoms with van der Waals surface area (Å²) in [5.41, 5.74) is 1.23. The Morgan fingerprint density at radius 2 is 2.06 bits per heavy atom. The van der Waals surface area contributed by atoms with Crippen molar-refractivity contribution in [3.05, 3.63) is 29.6 Å². The molecule has 0 saturated carbocycles. The van der Waals surface area contributed by atoms with E-state index in [9.17, 15) is 0 Å². The van der Waals surface area contributed by atoms with Gasteiger partial charge in [0.2, 0.25) is 0 Å². The molecular formula is C14H19NS. The minimum Gasteiger partial charge on any atom is -0.382 e. The van der Waals surface area contributed by atoms with Gasteiger partial charge in [-0.25, -0.2) is 0 Å². The van der Waals surface area contributed by atoms with Crippen molar-refractivity contribution in [1.82, 2.24) is 0 Å². The van der Waals surface area contributed by atoms with E-state index in [0.717, 1.165) is 0 Å². The molecule has 0 amide bonds. The second-order valence-electron chi connectivity index (χ2n) is 4.49. The first kappa shape index (κ1) is 11.5. The highest BCUT2D eigenvalue weighted by Gasteiger charge is 2.09. The van der Waals surface area contributed by atoms with Gasteiger partial charge in [-0.2, -0.15) is 0 Å². The summed E-state index contributed by atoms with van der Waals surface area (Å²) in [6.07, 6.45) is 1.22. The normalized spacial score (nSPS) is 14.9. The predicted molar refractivity (Wildman–Crippen MR) is 74.4 cm³/mol. The van der Waals surface area contributed by atoms with Crippen LogP contribution in [-0.2, 0) is 0 Å². The molecule has 2 aromatic rings. The van der Waals surface area contributed by atoms with Gasteiger partial charge in [-0.05, 0) is 47.9 Å². The topological polar surface area (TPSA) is 12.0 Å². The number of benzene rings is 1. The summed E-state index contributed by atoms with van der Waals surface area (Å²) in [6, 6.07) is 9.33. The molecule has 0 spiro atoms. The van der Waals surface area contributed by atoms with Crippen LogP contribution in [0.4, 0.5) is 5.69 Å². The molecule has 1 N–H and O–H groups in total. The fourth-order valence-electron chi connectivity index (χ4n) is 1.82. The summed E-state index contributed by atoms with van der Waals surface area (Å²) < 4.78 is 1.36. The molecule has 0 fully saturated rings. The van der Waals surface area contributed by atoms with Gasteiger partial charge in [-0.15, -0.1) is 11.3 Å². The number of anilines is 1. The van der Waals surface area contributed by atoms with E-state index in [2.05, 4.69) is 55.7 Å². The van der Waals surface area contributed by atoms with Crippen molar-refractivity contribution in [2.24, 2.45) is 5.92 Å². The maximum atomic E-state index is 3.58. The number of hydrogen-bond donors (Lipinski definition) is 1. The van der Waals surface area contributed by atoms with Crippen LogP contribution in [0.5, 0.6) is 0 Å². The molecule has 0 aliphatic rings. The number of hydrogen-bond acceptors (Lipinski definition) is 2. The molecule has 0 saturated heterocycles. The van der Waals surface area contributed by atoms with Gasteiger partial charge >= 0.3 is 0 Å². The third-order valence-corrected chi connectivity index (χ3v) is 4.24. The highest BCUT2D eigenvalue weighted by Crippen LogP contribution is 2.25. The van der Waals surface area contributed by atoms with Crippen molar-refractivity contribution in [3.8, 4) is 0 Å². The zero-order chi connectivity index (χ0) is 11.5. The molecule has 0 radical (unpaired) electrons. The summed E-state index contributed by atoms with van der Waals surface area (Å²) >= 11 is 1.80. The molecule has 0 aliphatic carbocycles. The first-order valence-corrected chi connectivity index (χ1v) is 6.82. The van der Waals surface area contributed by atoms with Crippen LogP contribution in [0.25, 0.3) is 10.1 Å². The smallest absolute Gasteiger partial charge is 0.0349 e. The van der Waals surface area contributed by atoms with E-state index in [1.165, 1.54) is 22.2 Å². The summed E-state index contributed by atoms with van der Waals surface area (Å²) in [5.74, 6) is 0.707. The molecule has 2 atom stereocenters. The Morgan fingerprint density at radius 3 is 2.81 bits per heavy atom. The SMILES string of the molecule is CCC(C)C(C)Nc1ccc2sccc2c1. The molecule has 1 aromatic carbocycles. The van der Waals surface area contributed by atoms with Crippen LogP contribution < -0.4 is 5.32 Å². The van der Waals surface area contributed by atoms with Crippen molar-refractivity contribution >= 4 is 27.1 Å². The first-order valence-electron chi connectivity index (χ1n) is 5.94. The number of fused-ring (bicyclic) bond motifs is 1. The average Bonchev–Trinajstić information content (AvgIpc) is 2.75. The van der Waals surface area contributed by atoms with Gasteiger partial charge in [0.1, 0.15) is 0 Å². The van der Waals surface area contributed by atoms with Crippen molar-refractivity contribution < 1.29 is 0 Å². The summed E-state index contributed by atoms with van der Waals surface area (Å²) in [4.78, 5) is 0. The zero-order valence-electron chi connectivity index (χ0n) is 10.2. The summed E-state index contributed by atoms with van der Waals surface area (Å²) in [7, 11) is 0. The summed E-state index contributed by atoms with van der Waals surface area (Å²) in [6.45, 7) is 6.79. The number of nitrogens with one attached hydrogen (secondary N) is 1. The first-order chi connectivity index (χ1) is 7.70. The molecule has 16 heavy (non-hydrogen) atoms. The Hall–Kier alpha value is -1.02. The molecule has 1 aromatic heterocycles. The standard InChI is InChI=1S/C14H19NS/c1-4-10(2)11(3)15-13-5-6-14-12(9-13)7-8-16-14/h5-11,15H,4H2,1-3H3. The van der Waals surface area contributed by atoms with Gasteiger partial charge in [0, 0.05) is 16.4 Å². The highest BCUT2D eigenvalue weighted by atomic mass is 32.1. The van der Waals surface area contributed by atoms with Crippen molar-refractivity contribution in [1.29, 1.82) is 0 Å². The van der Waals surface area contributed by atoms with Crippen LogP contribution in [0.3, 0.4) is 0 Å². The second kappa shape index (κ2) is 4.88. The molecule has 1 heterocycles. The largest absolute Gasteiger partial charge is 0.382 e. The minimum absolute atomic E-state index is 0.529. The van der Waals surface area contributed by atoms with Crippen molar-refractivity contribution in [2.75, 3.05) is 5.32 Å². The minimum atomic E-state index is 0.529. The van der Waals surface area contributed by atoms with Crippen LogP contribution >= 0.6 is 11.3 Å². The van der Waals surface area contributed by atoms with Gasteiger partial charge in [0.05, 0.1) is 0 Å². The molecule has 0 aliphatic heterocycles. The third kappa shape index (κ3) is 2.38.